The molecule has 0 aliphatic carbocycles. The predicted molar refractivity (Wildman–Crippen MR) is 78.0 cm³/mol. The van der Waals surface area contributed by atoms with Crippen LogP contribution in [0.3, 0.4) is 0 Å². The average Bonchev–Trinajstić information content (AvgIpc) is 2.26. The van der Waals surface area contributed by atoms with E-state index in [1.807, 2.05) is 6.07 Å². The highest BCUT2D eigenvalue weighted by Crippen LogP contribution is 2.33. The van der Waals surface area contributed by atoms with Gasteiger partial charge in [0.05, 0.1) is 12.8 Å². The number of methoxy groups -OCH3 is 1. The molecule has 0 saturated heterocycles. The highest BCUT2D eigenvalue weighted by Gasteiger charge is 2.15. The summed E-state index contributed by atoms with van der Waals surface area (Å²) in [5, 5.41) is 3.60. The zero-order valence-corrected chi connectivity index (χ0v) is 12.9. The third-order valence-electron chi connectivity index (χ3n) is 3.06. The summed E-state index contributed by atoms with van der Waals surface area (Å²) in [6, 6.07) is 4.59. The molecule has 0 aromatic heterocycles. The summed E-state index contributed by atoms with van der Waals surface area (Å²) in [7, 11) is 1.71. The molecule has 96 valence electrons. The van der Waals surface area contributed by atoms with Gasteiger partial charge < -0.3 is 10.1 Å². The molecule has 0 radical (unpaired) electrons. The highest BCUT2D eigenvalue weighted by atomic mass is 79.9. The minimum absolute atomic E-state index is 0.476. The Kier molecular flexibility index (Phi) is 5.31. The van der Waals surface area contributed by atoms with Gasteiger partial charge in [0.1, 0.15) is 5.75 Å². The van der Waals surface area contributed by atoms with Crippen molar-refractivity contribution in [3.63, 3.8) is 0 Å². The van der Waals surface area contributed by atoms with Crippen LogP contribution < -0.4 is 10.1 Å². The number of halogens is 1. The van der Waals surface area contributed by atoms with Crippen molar-refractivity contribution in [3.05, 3.63) is 22.2 Å². The molecule has 1 aromatic carbocycles. The SMILES string of the molecule is CCC(Nc1c(C)cc(Br)cc1OC)C(C)C. The number of rotatable bonds is 5. The van der Waals surface area contributed by atoms with Crippen molar-refractivity contribution < 1.29 is 4.74 Å². The van der Waals surface area contributed by atoms with Gasteiger partial charge in [0.25, 0.3) is 0 Å². The van der Waals surface area contributed by atoms with E-state index in [-0.39, 0.29) is 0 Å². The van der Waals surface area contributed by atoms with Crippen LogP contribution in [0.1, 0.15) is 32.8 Å². The van der Waals surface area contributed by atoms with E-state index in [9.17, 15) is 0 Å². The quantitative estimate of drug-likeness (QED) is 0.857. The summed E-state index contributed by atoms with van der Waals surface area (Å²) in [5.41, 5.74) is 2.31. The lowest BCUT2D eigenvalue weighted by Gasteiger charge is -2.24. The summed E-state index contributed by atoms with van der Waals surface area (Å²) in [6.45, 7) is 8.78. The van der Waals surface area contributed by atoms with Crippen LogP contribution in [0.15, 0.2) is 16.6 Å². The Morgan fingerprint density at radius 3 is 2.47 bits per heavy atom. The normalized spacial score (nSPS) is 12.6. The van der Waals surface area contributed by atoms with E-state index >= 15 is 0 Å². The van der Waals surface area contributed by atoms with Crippen molar-refractivity contribution in [3.8, 4) is 5.75 Å². The maximum absolute atomic E-state index is 5.44. The van der Waals surface area contributed by atoms with E-state index in [2.05, 4.69) is 55.0 Å². The molecule has 0 saturated carbocycles. The summed E-state index contributed by atoms with van der Waals surface area (Å²) in [6.07, 6.45) is 1.11. The second-order valence-electron chi connectivity index (χ2n) is 4.70. The first-order valence-corrected chi connectivity index (χ1v) is 6.89. The molecule has 1 N–H and O–H groups in total. The Morgan fingerprint density at radius 1 is 1.35 bits per heavy atom. The molecule has 1 unspecified atom stereocenters. The van der Waals surface area contributed by atoms with E-state index < -0.39 is 0 Å². The van der Waals surface area contributed by atoms with Crippen LogP contribution in [0, 0.1) is 12.8 Å². The van der Waals surface area contributed by atoms with Gasteiger partial charge in [0, 0.05) is 10.5 Å². The fraction of sp³-hybridized carbons (Fsp3) is 0.571. The van der Waals surface area contributed by atoms with Crippen LogP contribution in [0.25, 0.3) is 0 Å². The van der Waals surface area contributed by atoms with E-state index in [1.165, 1.54) is 5.56 Å². The Bertz CT molecular complexity index is 377. The molecule has 17 heavy (non-hydrogen) atoms. The maximum atomic E-state index is 5.44. The Balaban J connectivity index is 3.04. The zero-order valence-electron chi connectivity index (χ0n) is 11.3. The summed E-state index contributed by atoms with van der Waals surface area (Å²) in [4.78, 5) is 0. The van der Waals surface area contributed by atoms with Gasteiger partial charge in [-0.05, 0) is 37.0 Å². The van der Waals surface area contributed by atoms with Gasteiger partial charge in [0.15, 0.2) is 0 Å². The van der Waals surface area contributed by atoms with Crippen molar-refractivity contribution in [1.82, 2.24) is 0 Å². The first-order valence-electron chi connectivity index (χ1n) is 6.10. The molecule has 0 aliphatic rings. The number of anilines is 1. The molecular weight excluding hydrogens is 278 g/mol. The fourth-order valence-electron chi connectivity index (χ4n) is 1.98. The van der Waals surface area contributed by atoms with Crippen LogP contribution in [-0.4, -0.2) is 13.2 Å². The van der Waals surface area contributed by atoms with Crippen molar-refractivity contribution in [2.45, 2.75) is 40.2 Å². The van der Waals surface area contributed by atoms with E-state index in [1.54, 1.807) is 7.11 Å². The first kappa shape index (κ1) is 14.4. The second-order valence-corrected chi connectivity index (χ2v) is 5.62. The smallest absolute Gasteiger partial charge is 0.143 e. The maximum Gasteiger partial charge on any atom is 0.143 e. The standard InChI is InChI=1S/C14H22BrNO/c1-6-12(9(2)3)16-14-10(4)7-11(15)8-13(14)17-5/h7-9,12,16H,6H2,1-5H3. The van der Waals surface area contributed by atoms with Gasteiger partial charge in [-0.15, -0.1) is 0 Å². The van der Waals surface area contributed by atoms with E-state index in [4.69, 9.17) is 4.74 Å². The van der Waals surface area contributed by atoms with Crippen molar-refractivity contribution >= 4 is 21.6 Å². The minimum atomic E-state index is 0.476. The van der Waals surface area contributed by atoms with E-state index in [0.29, 0.717) is 12.0 Å². The molecule has 0 spiro atoms. The summed E-state index contributed by atoms with van der Waals surface area (Å²) in [5.74, 6) is 1.50. The summed E-state index contributed by atoms with van der Waals surface area (Å²) < 4.78 is 6.49. The Morgan fingerprint density at radius 2 is 2.00 bits per heavy atom. The van der Waals surface area contributed by atoms with Crippen LogP contribution in [0.5, 0.6) is 5.75 Å². The van der Waals surface area contributed by atoms with Crippen molar-refractivity contribution in [2.24, 2.45) is 5.92 Å². The largest absolute Gasteiger partial charge is 0.495 e. The van der Waals surface area contributed by atoms with Gasteiger partial charge in [0.2, 0.25) is 0 Å². The lowest BCUT2D eigenvalue weighted by Crippen LogP contribution is -2.25. The van der Waals surface area contributed by atoms with Crippen LogP contribution in [-0.2, 0) is 0 Å². The first-order chi connectivity index (χ1) is 7.99. The van der Waals surface area contributed by atoms with Crippen molar-refractivity contribution in [1.29, 1.82) is 0 Å². The molecule has 0 amide bonds. The number of hydrogen-bond acceptors (Lipinski definition) is 2. The number of aryl methyl sites for hydroxylation is 1. The van der Waals surface area contributed by atoms with Crippen LogP contribution >= 0.6 is 15.9 Å². The number of hydrogen-bond donors (Lipinski definition) is 1. The fourth-order valence-corrected chi connectivity index (χ4v) is 2.54. The molecule has 0 heterocycles. The minimum Gasteiger partial charge on any atom is -0.495 e. The zero-order chi connectivity index (χ0) is 13.0. The Labute approximate surface area is 113 Å². The third kappa shape index (κ3) is 3.63. The van der Waals surface area contributed by atoms with Gasteiger partial charge in [-0.25, -0.2) is 0 Å². The second kappa shape index (κ2) is 6.29. The van der Waals surface area contributed by atoms with Crippen LogP contribution in [0.4, 0.5) is 5.69 Å². The van der Waals surface area contributed by atoms with Gasteiger partial charge in [-0.1, -0.05) is 36.7 Å². The van der Waals surface area contributed by atoms with E-state index in [0.717, 1.165) is 22.3 Å². The number of benzene rings is 1. The third-order valence-corrected chi connectivity index (χ3v) is 3.52. The predicted octanol–water partition coefficient (Wildman–Crippen LogP) is 4.61. The molecule has 1 rings (SSSR count). The molecule has 0 bridgehead atoms. The monoisotopic (exact) mass is 299 g/mol. The molecule has 0 aliphatic heterocycles. The van der Waals surface area contributed by atoms with Gasteiger partial charge in [-0.2, -0.15) is 0 Å². The molecular formula is C14H22BrNO. The number of nitrogens with one attached hydrogen (secondary N) is 1. The molecule has 1 aromatic rings. The molecule has 2 nitrogen and oxygen atoms in total. The van der Waals surface area contributed by atoms with Gasteiger partial charge >= 0.3 is 0 Å². The molecule has 3 heteroatoms. The molecule has 1 atom stereocenters. The number of ether oxygens (including phenoxy) is 1. The van der Waals surface area contributed by atoms with Crippen molar-refractivity contribution in [2.75, 3.05) is 12.4 Å². The summed E-state index contributed by atoms with van der Waals surface area (Å²) >= 11 is 3.49. The topological polar surface area (TPSA) is 21.3 Å². The lowest BCUT2D eigenvalue weighted by molar-refractivity contribution is 0.413. The highest BCUT2D eigenvalue weighted by molar-refractivity contribution is 9.10. The van der Waals surface area contributed by atoms with Crippen LogP contribution in [0.2, 0.25) is 0 Å². The lowest BCUT2D eigenvalue weighted by atomic mass is 10.0. The average molecular weight is 300 g/mol. The Hall–Kier alpha value is -0.700. The van der Waals surface area contributed by atoms with Gasteiger partial charge in [-0.3, -0.25) is 0 Å². The molecule has 0 fully saturated rings.